The number of benzene rings is 1. The number of thiophene rings is 1. The second-order valence-electron chi connectivity index (χ2n) is 5.35. The molecule has 3 rings (SSSR count). The lowest BCUT2D eigenvalue weighted by molar-refractivity contribution is 0.0951. The van der Waals surface area contributed by atoms with Gasteiger partial charge in [0.25, 0.3) is 5.91 Å². The average molecular weight is 332 g/mol. The fourth-order valence-electron chi connectivity index (χ4n) is 2.46. The van der Waals surface area contributed by atoms with Gasteiger partial charge >= 0.3 is 0 Å². The Morgan fingerprint density at radius 3 is 2.59 bits per heavy atom. The average Bonchev–Trinajstić information content (AvgIpc) is 3.08. The number of hydrogen-bond donors (Lipinski definition) is 1. The zero-order valence-electron chi connectivity index (χ0n) is 12.5. The molecule has 0 spiro atoms. The van der Waals surface area contributed by atoms with Gasteiger partial charge in [0, 0.05) is 41.6 Å². The number of rotatable bonds is 5. The van der Waals surface area contributed by atoms with Crippen LogP contribution in [0.5, 0.6) is 0 Å². The maximum Gasteiger partial charge on any atom is 0.251 e. The first kappa shape index (κ1) is 15.6. The Morgan fingerprint density at radius 2 is 1.91 bits per heavy atom. The second-order valence-corrected chi connectivity index (χ2v) is 7.60. The maximum absolute atomic E-state index is 12.1. The van der Waals surface area contributed by atoms with E-state index in [1.54, 1.807) is 11.3 Å². The molecule has 0 saturated carbocycles. The molecular formula is C17H20N2OS2. The van der Waals surface area contributed by atoms with Crippen molar-refractivity contribution in [3.8, 4) is 0 Å². The van der Waals surface area contributed by atoms with Crippen molar-refractivity contribution in [3.63, 3.8) is 0 Å². The predicted molar refractivity (Wildman–Crippen MR) is 94.5 cm³/mol. The number of amides is 1. The van der Waals surface area contributed by atoms with Crippen LogP contribution in [0.4, 0.5) is 0 Å². The lowest BCUT2D eigenvalue weighted by Crippen LogP contribution is -2.31. The lowest BCUT2D eigenvalue weighted by atomic mass is 10.1. The van der Waals surface area contributed by atoms with Gasteiger partial charge in [-0.1, -0.05) is 18.2 Å². The van der Waals surface area contributed by atoms with Crippen molar-refractivity contribution < 1.29 is 4.79 Å². The third kappa shape index (κ3) is 4.35. The number of hydrogen-bond acceptors (Lipinski definition) is 4. The van der Waals surface area contributed by atoms with Gasteiger partial charge in [-0.15, -0.1) is 11.3 Å². The normalized spacial score (nSPS) is 15.6. The van der Waals surface area contributed by atoms with Gasteiger partial charge < -0.3 is 5.32 Å². The van der Waals surface area contributed by atoms with Crippen molar-refractivity contribution in [2.24, 2.45) is 0 Å². The van der Waals surface area contributed by atoms with Crippen molar-refractivity contribution in [1.82, 2.24) is 10.2 Å². The lowest BCUT2D eigenvalue weighted by Gasteiger charge is -2.26. The molecule has 2 aromatic rings. The van der Waals surface area contributed by atoms with Crippen LogP contribution in [-0.2, 0) is 13.1 Å². The van der Waals surface area contributed by atoms with Crippen molar-refractivity contribution in [2.45, 2.75) is 13.1 Å². The van der Waals surface area contributed by atoms with Crippen molar-refractivity contribution in [2.75, 3.05) is 24.6 Å². The van der Waals surface area contributed by atoms with E-state index in [4.69, 9.17) is 0 Å². The van der Waals surface area contributed by atoms with Crippen molar-refractivity contribution in [3.05, 3.63) is 57.8 Å². The minimum Gasteiger partial charge on any atom is -0.347 e. The van der Waals surface area contributed by atoms with E-state index in [9.17, 15) is 4.79 Å². The zero-order valence-corrected chi connectivity index (χ0v) is 14.1. The first-order valence-corrected chi connectivity index (χ1v) is 9.54. The molecule has 116 valence electrons. The molecule has 0 radical (unpaired) electrons. The summed E-state index contributed by atoms with van der Waals surface area (Å²) in [7, 11) is 0. The summed E-state index contributed by atoms with van der Waals surface area (Å²) in [6.45, 7) is 3.91. The highest BCUT2D eigenvalue weighted by Gasteiger charge is 2.11. The highest BCUT2D eigenvalue weighted by Crippen LogP contribution is 2.14. The molecule has 1 aliphatic heterocycles. The first-order valence-electron chi connectivity index (χ1n) is 7.51. The molecule has 0 unspecified atom stereocenters. The summed E-state index contributed by atoms with van der Waals surface area (Å²) in [5.74, 6) is 2.45. The van der Waals surface area contributed by atoms with Gasteiger partial charge in [0.2, 0.25) is 0 Å². The topological polar surface area (TPSA) is 32.3 Å². The second kappa shape index (κ2) is 7.81. The van der Waals surface area contributed by atoms with Crippen LogP contribution in [0.15, 0.2) is 41.8 Å². The fourth-order valence-corrected chi connectivity index (χ4v) is 4.08. The van der Waals surface area contributed by atoms with Gasteiger partial charge in [-0.05, 0) is 29.1 Å². The molecule has 0 aliphatic carbocycles. The monoisotopic (exact) mass is 332 g/mol. The molecule has 2 heterocycles. The van der Waals surface area contributed by atoms with E-state index < -0.39 is 0 Å². The largest absolute Gasteiger partial charge is 0.347 e. The van der Waals surface area contributed by atoms with E-state index in [1.807, 2.05) is 41.4 Å². The minimum absolute atomic E-state index is 0.00526. The van der Waals surface area contributed by atoms with Gasteiger partial charge in [-0.2, -0.15) is 11.8 Å². The Bertz CT molecular complexity index is 590. The maximum atomic E-state index is 12.1. The number of nitrogens with one attached hydrogen (secondary N) is 1. The van der Waals surface area contributed by atoms with Crippen LogP contribution in [0.2, 0.25) is 0 Å². The molecular weight excluding hydrogens is 312 g/mol. The Labute approximate surface area is 139 Å². The van der Waals surface area contributed by atoms with E-state index in [2.05, 4.69) is 22.3 Å². The third-order valence-electron chi connectivity index (χ3n) is 3.73. The van der Waals surface area contributed by atoms with Crippen LogP contribution in [0.3, 0.4) is 0 Å². The summed E-state index contributed by atoms with van der Waals surface area (Å²) in [5.41, 5.74) is 2.01. The van der Waals surface area contributed by atoms with E-state index >= 15 is 0 Å². The van der Waals surface area contributed by atoms with Gasteiger partial charge in [0.1, 0.15) is 0 Å². The summed E-state index contributed by atoms with van der Waals surface area (Å²) in [5, 5.41) is 4.98. The molecule has 1 fully saturated rings. The molecule has 1 aliphatic rings. The Hall–Kier alpha value is -1.30. The molecule has 3 nitrogen and oxygen atoms in total. The van der Waals surface area contributed by atoms with Crippen LogP contribution in [0.25, 0.3) is 0 Å². The molecule has 1 N–H and O–H groups in total. The molecule has 5 heteroatoms. The van der Waals surface area contributed by atoms with Gasteiger partial charge in [0.05, 0.1) is 6.54 Å². The van der Waals surface area contributed by atoms with Crippen LogP contribution in [0.1, 0.15) is 20.8 Å². The molecule has 1 saturated heterocycles. The van der Waals surface area contributed by atoms with Crippen molar-refractivity contribution >= 4 is 29.0 Å². The highest BCUT2D eigenvalue weighted by molar-refractivity contribution is 7.99. The van der Waals surface area contributed by atoms with Crippen LogP contribution in [-0.4, -0.2) is 35.4 Å². The smallest absolute Gasteiger partial charge is 0.251 e. The molecule has 0 atom stereocenters. The summed E-state index contributed by atoms with van der Waals surface area (Å²) in [6.07, 6.45) is 0. The van der Waals surface area contributed by atoms with E-state index in [1.165, 1.54) is 21.9 Å². The van der Waals surface area contributed by atoms with Gasteiger partial charge in [-0.25, -0.2) is 0 Å². The van der Waals surface area contributed by atoms with E-state index in [-0.39, 0.29) is 5.91 Å². The van der Waals surface area contributed by atoms with Crippen LogP contribution < -0.4 is 5.32 Å². The van der Waals surface area contributed by atoms with E-state index in [0.717, 1.165) is 25.2 Å². The zero-order chi connectivity index (χ0) is 15.2. The number of carbonyl (C=O) groups excluding carboxylic acids is 1. The van der Waals surface area contributed by atoms with Crippen molar-refractivity contribution in [1.29, 1.82) is 0 Å². The molecule has 1 amide bonds. The summed E-state index contributed by atoms with van der Waals surface area (Å²) in [6, 6.07) is 12.0. The fraction of sp³-hybridized carbons (Fsp3) is 0.353. The molecule has 0 bridgehead atoms. The summed E-state index contributed by atoms with van der Waals surface area (Å²) in [4.78, 5) is 15.8. The number of carbonyl (C=O) groups is 1. The van der Waals surface area contributed by atoms with Gasteiger partial charge in [-0.3, -0.25) is 9.69 Å². The number of thioether (sulfide) groups is 1. The highest BCUT2D eigenvalue weighted by atomic mass is 32.2. The number of nitrogens with zero attached hydrogens (tertiary/aromatic N) is 1. The van der Waals surface area contributed by atoms with Gasteiger partial charge in [0.15, 0.2) is 0 Å². The Kier molecular flexibility index (Phi) is 5.53. The van der Waals surface area contributed by atoms with Crippen LogP contribution >= 0.6 is 23.1 Å². The molecule has 1 aromatic heterocycles. The van der Waals surface area contributed by atoms with E-state index in [0.29, 0.717) is 6.54 Å². The quantitative estimate of drug-likeness (QED) is 0.912. The predicted octanol–water partition coefficient (Wildman–Crippen LogP) is 3.23. The minimum atomic E-state index is -0.00526. The SMILES string of the molecule is O=C(NCc1cccs1)c1ccc(CN2CCSCC2)cc1. The Balaban J connectivity index is 1.52. The standard InChI is InChI=1S/C17H20N2OS2/c20-17(18-12-16-2-1-9-22-16)15-5-3-14(4-6-15)13-19-7-10-21-11-8-19/h1-6,9H,7-8,10-13H2,(H,18,20). The summed E-state index contributed by atoms with van der Waals surface area (Å²) < 4.78 is 0. The summed E-state index contributed by atoms with van der Waals surface area (Å²) >= 11 is 3.69. The molecule has 22 heavy (non-hydrogen) atoms. The molecule has 1 aromatic carbocycles. The van der Waals surface area contributed by atoms with Crippen LogP contribution in [0, 0.1) is 0 Å². The third-order valence-corrected chi connectivity index (χ3v) is 5.55. The Morgan fingerprint density at radius 1 is 1.14 bits per heavy atom. The first-order chi connectivity index (χ1) is 10.8.